The van der Waals surface area contributed by atoms with Crippen LogP contribution in [0.5, 0.6) is 0 Å². The fourth-order valence-corrected chi connectivity index (χ4v) is 1.84. The molecule has 3 heteroatoms. The number of aliphatic hydroxyl groups excluding tert-OH is 1. The van der Waals surface area contributed by atoms with Gasteiger partial charge in [0.15, 0.2) is 0 Å². The van der Waals surface area contributed by atoms with E-state index in [1.54, 1.807) is 19.1 Å². The van der Waals surface area contributed by atoms with E-state index in [2.05, 4.69) is 0 Å². The SMILES string of the molecule is CCCC(CN)C(O)c1ccc(C)c(F)c1. The monoisotopic (exact) mass is 225 g/mol. The highest BCUT2D eigenvalue weighted by atomic mass is 19.1. The molecule has 0 amide bonds. The Morgan fingerprint density at radius 3 is 2.62 bits per heavy atom. The minimum atomic E-state index is -0.667. The number of aryl methyl sites for hydroxylation is 1. The first-order valence-corrected chi connectivity index (χ1v) is 5.74. The lowest BCUT2D eigenvalue weighted by atomic mass is 9.91. The smallest absolute Gasteiger partial charge is 0.126 e. The van der Waals surface area contributed by atoms with Gasteiger partial charge in [-0.1, -0.05) is 25.5 Å². The molecule has 0 aliphatic carbocycles. The maximum absolute atomic E-state index is 13.4. The molecule has 90 valence electrons. The van der Waals surface area contributed by atoms with Crippen molar-refractivity contribution >= 4 is 0 Å². The van der Waals surface area contributed by atoms with Crippen molar-refractivity contribution in [3.8, 4) is 0 Å². The zero-order valence-corrected chi connectivity index (χ0v) is 9.91. The van der Waals surface area contributed by atoms with Crippen LogP contribution in [0.25, 0.3) is 0 Å². The van der Waals surface area contributed by atoms with Gasteiger partial charge < -0.3 is 10.8 Å². The Kier molecular flexibility index (Phi) is 4.90. The summed E-state index contributed by atoms with van der Waals surface area (Å²) < 4.78 is 13.4. The zero-order chi connectivity index (χ0) is 12.1. The largest absolute Gasteiger partial charge is 0.388 e. The lowest BCUT2D eigenvalue weighted by Gasteiger charge is -2.21. The van der Waals surface area contributed by atoms with Gasteiger partial charge in [-0.2, -0.15) is 0 Å². The standard InChI is InChI=1S/C13H20FNO/c1-3-4-11(8-15)13(16)10-6-5-9(2)12(14)7-10/h5-7,11,13,16H,3-4,8,15H2,1-2H3. The van der Waals surface area contributed by atoms with E-state index < -0.39 is 6.10 Å². The van der Waals surface area contributed by atoms with Crippen LogP contribution in [-0.4, -0.2) is 11.7 Å². The molecule has 0 aliphatic rings. The fourth-order valence-electron chi connectivity index (χ4n) is 1.84. The topological polar surface area (TPSA) is 46.2 Å². The van der Waals surface area contributed by atoms with Crippen molar-refractivity contribution in [3.05, 3.63) is 35.1 Å². The van der Waals surface area contributed by atoms with Gasteiger partial charge in [0.05, 0.1) is 6.10 Å². The average Bonchev–Trinajstić information content (AvgIpc) is 2.28. The first-order valence-electron chi connectivity index (χ1n) is 5.74. The summed E-state index contributed by atoms with van der Waals surface area (Å²) in [5.41, 5.74) is 6.82. The molecule has 2 nitrogen and oxygen atoms in total. The van der Waals surface area contributed by atoms with E-state index in [0.717, 1.165) is 12.8 Å². The molecular formula is C13H20FNO. The zero-order valence-electron chi connectivity index (χ0n) is 9.91. The Morgan fingerprint density at radius 1 is 1.44 bits per heavy atom. The van der Waals surface area contributed by atoms with Crippen molar-refractivity contribution in [3.63, 3.8) is 0 Å². The Bertz CT molecular complexity index is 341. The van der Waals surface area contributed by atoms with Gasteiger partial charge in [-0.25, -0.2) is 4.39 Å². The van der Waals surface area contributed by atoms with Crippen LogP contribution in [0.15, 0.2) is 18.2 Å². The van der Waals surface area contributed by atoms with E-state index >= 15 is 0 Å². The van der Waals surface area contributed by atoms with Gasteiger partial charge >= 0.3 is 0 Å². The number of hydrogen-bond donors (Lipinski definition) is 2. The van der Waals surface area contributed by atoms with E-state index in [0.29, 0.717) is 17.7 Å². The maximum Gasteiger partial charge on any atom is 0.126 e. The van der Waals surface area contributed by atoms with Crippen molar-refractivity contribution in [2.75, 3.05) is 6.54 Å². The minimum absolute atomic E-state index is 0.00658. The van der Waals surface area contributed by atoms with Crippen molar-refractivity contribution in [1.29, 1.82) is 0 Å². The van der Waals surface area contributed by atoms with Crippen molar-refractivity contribution < 1.29 is 9.50 Å². The van der Waals surface area contributed by atoms with E-state index in [1.807, 2.05) is 6.92 Å². The highest BCUT2D eigenvalue weighted by Crippen LogP contribution is 2.26. The second-order valence-electron chi connectivity index (χ2n) is 4.24. The summed E-state index contributed by atoms with van der Waals surface area (Å²) in [4.78, 5) is 0. The summed E-state index contributed by atoms with van der Waals surface area (Å²) in [7, 11) is 0. The molecule has 3 N–H and O–H groups in total. The minimum Gasteiger partial charge on any atom is -0.388 e. The highest BCUT2D eigenvalue weighted by molar-refractivity contribution is 5.25. The van der Waals surface area contributed by atoms with E-state index in [4.69, 9.17) is 5.73 Å². The summed E-state index contributed by atoms with van der Waals surface area (Å²) in [6, 6.07) is 4.85. The highest BCUT2D eigenvalue weighted by Gasteiger charge is 2.19. The third-order valence-corrected chi connectivity index (χ3v) is 2.95. The van der Waals surface area contributed by atoms with Crippen LogP contribution >= 0.6 is 0 Å². The van der Waals surface area contributed by atoms with Gasteiger partial charge in [0.1, 0.15) is 5.82 Å². The molecule has 2 atom stereocenters. The van der Waals surface area contributed by atoms with Gasteiger partial charge in [0.25, 0.3) is 0 Å². The van der Waals surface area contributed by atoms with Crippen molar-refractivity contribution in [1.82, 2.24) is 0 Å². The summed E-state index contributed by atoms with van der Waals surface area (Å²) in [5, 5.41) is 10.1. The third-order valence-electron chi connectivity index (χ3n) is 2.95. The Hall–Kier alpha value is -0.930. The first-order chi connectivity index (χ1) is 7.60. The van der Waals surface area contributed by atoms with Crippen LogP contribution in [0.4, 0.5) is 4.39 Å². The van der Waals surface area contributed by atoms with E-state index in [9.17, 15) is 9.50 Å². The summed E-state index contributed by atoms with van der Waals surface area (Å²) in [6.45, 7) is 4.17. The normalized spacial score (nSPS) is 14.8. The third kappa shape index (κ3) is 3.03. The molecule has 0 spiro atoms. The molecule has 0 fully saturated rings. The average molecular weight is 225 g/mol. The molecule has 1 aromatic rings. The molecular weight excluding hydrogens is 205 g/mol. The summed E-state index contributed by atoms with van der Waals surface area (Å²) >= 11 is 0. The van der Waals surface area contributed by atoms with Crippen molar-refractivity contribution in [2.45, 2.75) is 32.8 Å². The van der Waals surface area contributed by atoms with Crippen LogP contribution in [0, 0.1) is 18.7 Å². The Labute approximate surface area is 96.3 Å². The quantitative estimate of drug-likeness (QED) is 0.809. The number of benzene rings is 1. The van der Waals surface area contributed by atoms with Crippen LogP contribution in [0.2, 0.25) is 0 Å². The second kappa shape index (κ2) is 5.97. The molecule has 2 unspecified atom stereocenters. The van der Waals surface area contributed by atoms with Crippen LogP contribution < -0.4 is 5.73 Å². The number of nitrogens with two attached hydrogens (primary N) is 1. The number of aliphatic hydroxyl groups is 1. The molecule has 0 aliphatic heterocycles. The molecule has 0 aromatic heterocycles. The van der Waals surface area contributed by atoms with E-state index in [1.165, 1.54) is 6.07 Å². The lowest BCUT2D eigenvalue weighted by Crippen LogP contribution is -2.22. The summed E-state index contributed by atoms with van der Waals surface area (Å²) in [6.07, 6.45) is 1.15. The number of hydrogen-bond acceptors (Lipinski definition) is 2. The number of rotatable bonds is 5. The molecule has 0 saturated carbocycles. The van der Waals surface area contributed by atoms with Crippen LogP contribution in [0.3, 0.4) is 0 Å². The summed E-state index contributed by atoms with van der Waals surface area (Å²) in [5.74, 6) is -0.268. The molecule has 0 radical (unpaired) electrons. The van der Waals surface area contributed by atoms with Crippen LogP contribution in [-0.2, 0) is 0 Å². The Balaban J connectivity index is 2.85. The van der Waals surface area contributed by atoms with Gasteiger partial charge in [-0.3, -0.25) is 0 Å². The van der Waals surface area contributed by atoms with Gasteiger partial charge in [-0.15, -0.1) is 0 Å². The Morgan fingerprint density at radius 2 is 2.12 bits per heavy atom. The number of halogens is 1. The molecule has 0 saturated heterocycles. The molecule has 1 aromatic carbocycles. The predicted octanol–water partition coefficient (Wildman–Crippen LogP) is 2.54. The fraction of sp³-hybridized carbons (Fsp3) is 0.538. The molecule has 0 bridgehead atoms. The van der Waals surface area contributed by atoms with Gasteiger partial charge in [0.2, 0.25) is 0 Å². The maximum atomic E-state index is 13.4. The molecule has 1 rings (SSSR count). The predicted molar refractivity (Wildman–Crippen MR) is 63.5 cm³/mol. The van der Waals surface area contributed by atoms with Crippen molar-refractivity contribution in [2.24, 2.45) is 11.7 Å². The molecule has 0 heterocycles. The van der Waals surface area contributed by atoms with Crippen LogP contribution in [0.1, 0.15) is 37.0 Å². The first kappa shape index (κ1) is 13.1. The van der Waals surface area contributed by atoms with E-state index in [-0.39, 0.29) is 11.7 Å². The lowest BCUT2D eigenvalue weighted by molar-refractivity contribution is 0.106. The second-order valence-corrected chi connectivity index (χ2v) is 4.24. The van der Waals surface area contributed by atoms with Gasteiger partial charge in [0, 0.05) is 5.92 Å². The van der Waals surface area contributed by atoms with Gasteiger partial charge in [-0.05, 0) is 37.1 Å². The molecule has 16 heavy (non-hydrogen) atoms.